The lowest BCUT2D eigenvalue weighted by Gasteiger charge is -1.96. The van der Waals surface area contributed by atoms with Crippen LogP contribution < -0.4 is 0 Å². The molecular weight excluding hydrogens is 204 g/mol. The minimum atomic E-state index is 0.202. The van der Waals surface area contributed by atoms with E-state index in [4.69, 9.17) is 4.52 Å². The summed E-state index contributed by atoms with van der Waals surface area (Å²) in [5.74, 6) is 1.84. The molecule has 0 saturated heterocycles. The summed E-state index contributed by atoms with van der Waals surface area (Å²) in [4.78, 5) is 4.27. The molecule has 0 amide bonds. The van der Waals surface area contributed by atoms with Gasteiger partial charge in [0, 0.05) is 12.0 Å². The fourth-order valence-electron chi connectivity index (χ4n) is 1.45. The van der Waals surface area contributed by atoms with Crippen molar-refractivity contribution >= 4 is 0 Å². The number of nitrogens with zero attached hydrogens (tertiary/aromatic N) is 2. The molecule has 0 saturated carbocycles. The number of aromatic nitrogens is 2. The van der Waals surface area contributed by atoms with Gasteiger partial charge in [0.2, 0.25) is 11.7 Å². The van der Waals surface area contributed by atoms with Crippen LogP contribution in [0.3, 0.4) is 0 Å². The lowest BCUT2D eigenvalue weighted by atomic mass is 10.1. The predicted molar refractivity (Wildman–Crippen MR) is 59.9 cm³/mol. The van der Waals surface area contributed by atoms with Crippen LogP contribution in [-0.2, 0) is 6.42 Å². The first-order chi connectivity index (χ1) is 7.65. The Labute approximate surface area is 93.9 Å². The summed E-state index contributed by atoms with van der Waals surface area (Å²) in [5, 5.41) is 13.2. The Balaban J connectivity index is 2.24. The molecule has 2 rings (SSSR count). The lowest BCUT2D eigenvalue weighted by Crippen LogP contribution is -1.93. The average Bonchev–Trinajstić information content (AvgIpc) is 2.65. The third-order valence-electron chi connectivity index (χ3n) is 2.16. The highest BCUT2D eigenvalue weighted by molar-refractivity contribution is 5.56. The summed E-state index contributed by atoms with van der Waals surface area (Å²) >= 11 is 0. The van der Waals surface area contributed by atoms with Gasteiger partial charge >= 0.3 is 0 Å². The minimum absolute atomic E-state index is 0.202. The van der Waals surface area contributed by atoms with Crippen molar-refractivity contribution in [3.63, 3.8) is 0 Å². The molecule has 0 aliphatic carbocycles. The zero-order chi connectivity index (χ0) is 11.5. The highest BCUT2D eigenvalue weighted by Crippen LogP contribution is 2.20. The Morgan fingerprint density at radius 2 is 2.19 bits per heavy atom. The van der Waals surface area contributed by atoms with Gasteiger partial charge in [-0.2, -0.15) is 4.98 Å². The molecule has 1 heterocycles. The number of aromatic hydroxyl groups is 1. The highest BCUT2D eigenvalue weighted by Gasteiger charge is 2.09. The molecule has 1 aromatic heterocycles. The molecule has 0 unspecified atom stereocenters. The SMILES string of the molecule is CC(C)Cc1nc(-c2cccc(O)c2)no1. The number of benzene rings is 1. The van der Waals surface area contributed by atoms with Gasteiger partial charge in [-0.1, -0.05) is 31.1 Å². The highest BCUT2D eigenvalue weighted by atomic mass is 16.5. The molecule has 4 nitrogen and oxygen atoms in total. The van der Waals surface area contributed by atoms with Crippen molar-refractivity contribution in [3.05, 3.63) is 30.2 Å². The van der Waals surface area contributed by atoms with Crippen molar-refractivity contribution in [1.29, 1.82) is 0 Å². The van der Waals surface area contributed by atoms with Crippen LogP contribution in [0.5, 0.6) is 5.75 Å². The fourth-order valence-corrected chi connectivity index (χ4v) is 1.45. The smallest absolute Gasteiger partial charge is 0.227 e. The molecule has 0 aliphatic rings. The van der Waals surface area contributed by atoms with E-state index < -0.39 is 0 Å². The topological polar surface area (TPSA) is 59.2 Å². The molecule has 1 N–H and O–H groups in total. The summed E-state index contributed by atoms with van der Waals surface area (Å²) in [7, 11) is 0. The van der Waals surface area contributed by atoms with E-state index >= 15 is 0 Å². The Bertz CT molecular complexity index is 477. The Kier molecular flexibility index (Phi) is 2.90. The van der Waals surface area contributed by atoms with Gasteiger partial charge in [0.15, 0.2) is 0 Å². The molecule has 4 heteroatoms. The van der Waals surface area contributed by atoms with Gasteiger partial charge in [0.25, 0.3) is 0 Å². The van der Waals surface area contributed by atoms with Gasteiger partial charge in [0.1, 0.15) is 5.75 Å². The van der Waals surface area contributed by atoms with Crippen molar-refractivity contribution in [1.82, 2.24) is 10.1 Å². The van der Waals surface area contributed by atoms with Crippen LogP contribution in [0.25, 0.3) is 11.4 Å². The van der Waals surface area contributed by atoms with Crippen LogP contribution >= 0.6 is 0 Å². The number of hydrogen-bond acceptors (Lipinski definition) is 4. The van der Waals surface area contributed by atoms with E-state index in [0.717, 1.165) is 12.0 Å². The van der Waals surface area contributed by atoms with Gasteiger partial charge < -0.3 is 9.63 Å². The van der Waals surface area contributed by atoms with Gasteiger partial charge in [-0.25, -0.2) is 0 Å². The van der Waals surface area contributed by atoms with E-state index in [9.17, 15) is 5.11 Å². The number of rotatable bonds is 3. The van der Waals surface area contributed by atoms with Crippen LogP contribution in [-0.4, -0.2) is 15.2 Å². The molecule has 0 aliphatic heterocycles. The summed E-state index contributed by atoms with van der Waals surface area (Å²) in [6.45, 7) is 4.19. The Hall–Kier alpha value is -1.84. The van der Waals surface area contributed by atoms with Crippen LogP contribution in [0.4, 0.5) is 0 Å². The van der Waals surface area contributed by atoms with Crippen molar-refractivity contribution in [3.8, 4) is 17.1 Å². The second-order valence-corrected chi connectivity index (χ2v) is 4.16. The number of phenolic OH excluding ortho intramolecular Hbond substituents is 1. The van der Waals surface area contributed by atoms with E-state index in [0.29, 0.717) is 17.6 Å². The molecule has 2 aromatic rings. The third-order valence-corrected chi connectivity index (χ3v) is 2.16. The van der Waals surface area contributed by atoms with Crippen molar-refractivity contribution in [2.24, 2.45) is 5.92 Å². The lowest BCUT2D eigenvalue weighted by molar-refractivity contribution is 0.363. The van der Waals surface area contributed by atoms with Crippen molar-refractivity contribution in [2.45, 2.75) is 20.3 Å². The maximum Gasteiger partial charge on any atom is 0.227 e. The van der Waals surface area contributed by atoms with E-state index in [2.05, 4.69) is 24.0 Å². The molecule has 0 radical (unpaired) electrons. The molecular formula is C12H14N2O2. The second-order valence-electron chi connectivity index (χ2n) is 4.16. The van der Waals surface area contributed by atoms with Gasteiger partial charge in [-0.3, -0.25) is 0 Å². The predicted octanol–water partition coefficient (Wildman–Crippen LogP) is 2.64. The normalized spacial score (nSPS) is 10.9. The van der Waals surface area contributed by atoms with Crippen LogP contribution in [0, 0.1) is 5.92 Å². The summed E-state index contributed by atoms with van der Waals surface area (Å²) in [6.07, 6.45) is 0.770. The van der Waals surface area contributed by atoms with E-state index in [1.165, 1.54) is 0 Å². The number of phenols is 1. The summed E-state index contributed by atoms with van der Waals surface area (Å²) < 4.78 is 5.13. The largest absolute Gasteiger partial charge is 0.508 e. The third kappa shape index (κ3) is 2.39. The van der Waals surface area contributed by atoms with E-state index in [1.807, 2.05) is 6.07 Å². The molecule has 0 atom stereocenters. The molecule has 84 valence electrons. The zero-order valence-electron chi connectivity index (χ0n) is 9.34. The zero-order valence-corrected chi connectivity index (χ0v) is 9.34. The average molecular weight is 218 g/mol. The summed E-state index contributed by atoms with van der Waals surface area (Å²) in [5.41, 5.74) is 0.763. The van der Waals surface area contributed by atoms with Crippen LogP contribution in [0.15, 0.2) is 28.8 Å². The monoisotopic (exact) mass is 218 g/mol. The molecule has 1 aromatic carbocycles. The maximum atomic E-state index is 9.34. The molecule has 0 bridgehead atoms. The number of hydrogen-bond donors (Lipinski definition) is 1. The fraction of sp³-hybridized carbons (Fsp3) is 0.333. The van der Waals surface area contributed by atoms with Gasteiger partial charge in [-0.05, 0) is 18.1 Å². The molecule has 0 spiro atoms. The summed E-state index contributed by atoms with van der Waals surface area (Å²) in [6, 6.07) is 6.81. The minimum Gasteiger partial charge on any atom is -0.508 e. The van der Waals surface area contributed by atoms with E-state index in [-0.39, 0.29) is 5.75 Å². The Morgan fingerprint density at radius 3 is 2.88 bits per heavy atom. The van der Waals surface area contributed by atoms with Crippen molar-refractivity contribution < 1.29 is 9.63 Å². The van der Waals surface area contributed by atoms with Crippen LogP contribution in [0.2, 0.25) is 0 Å². The Morgan fingerprint density at radius 1 is 1.38 bits per heavy atom. The quantitative estimate of drug-likeness (QED) is 0.860. The standard InChI is InChI=1S/C12H14N2O2/c1-8(2)6-11-13-12(14-16-11)9-4-3-5-10(15)7-9/h3-5,7-8,15H,6H2,1-2H3. The second kappa shape index (κ2) is 4.35. The molecule has 0 fully saturated rings. The first-order valence-electron chi connectivity index (χ1n) is 5.27. The first kappa shape index (κ1) is 10.7. The maximum absolute atomic E-state index is 9.34. The van der Waals surface area contributed by atoms with Gasteiger partial charge in [0.05, 0.1) is 0 Å². The first-order valence-corrected chi connectivity index (χ1v) is 5.27. The molecule has 16 heavy (non-hydrogen) atoms. The van der Waals surface area contributed by atoms with Crippen molar-refractivity contribution in [2.75, 3.05) is 0 Å². The van der Waals surface area contributed by atoms with E-state index in [1.54, 1.807) is 18.2 Å². The van der Waals surface area contributed by atoms with Gasteiger partial charge in [-0.15, -0.1) is 0 Å². The van der Waals surface area contributed by atoms with Crippen LogP contribution in [0.1, 0.15) is 19.7 Å².